The summed E-state index contributed by atoms with van der Waals surface area (Å²) in [5.41, 5.74) is 0.700. The number of carbonyl (C=O) groups is 2. The summed E-state index contributed by atoms with van der Waals surface area (Å²) in [4.78, 5) is 24.0. The van der Waals surface area contributed by atoms with E-state index in [1.165, 1.54) is 18.1 Å². The van der Waals surface area contributed by atoms with Gasteiger partial charge in [0, 0.05) is 12.6 Å². The number of hydrogen-bond donors (Lipinski definition) is 1. The number of methoxy groups -OCH3 is 1. The van der Waals surface area contributed by atoms with Crippen LogP contribution in [0.5, 0.6) is 17.2 Å². The summed E-state index contributed by atoms with van der Waals surface area (Å²) in [5.74, 6) is 0.203. The van der Waals surface area contributed by atoms with Crippen LogP contribution in [0.4, 0.5) is 0 Å². The Balaban J connectivity index is 2.18. The smallest absolute Gasteiger partial charge is 0.323 e. The molecule has 1 amide bonds. The third-order valence-corrected chi connectivity index (χ3v) is 3.29. The van der Waals surface area contributed by atoms with Gasteiger partial charge in [0.25, 0.3) is 0 Å². The van der Waals surface area contributed by atoms with Gasteiger partial charge >= 0.3 is 5.97 Å². The molecule has 23 heavy (non-hydrogen) atoms. The number of carboxylic acids is 1. The summed E-state index contributed by atoms with van der Waals surface area (Å²) >= 11 is 0. The first-order valence-corrected chi connectivity index (χ1v) is 7.21. The number of amides is 1. The van der Waals surface area contributed by atoms with Crippen LogP contribution in [0, 0.1) is 0 Å². The highest BCUT2D eigenvalue weighted by molar-refractivity contribution is 5.93. The molecule has 0 aromatic heterocycles. The summed E-state index contributed by atoms with van der Waals surface area (Å²) < 4.78 is 16.3. The first-order valence-electron chi connectivity index (χ1n) is 7.21. The molecule has 1 aliphatic heterocycles. The standard InChI is InChI=1S/C16H19NO6/c1-3-17(10-15(19)20)14(18)5-4-11-8-12(21-2)16-13(9-11)22-6-7-23-16/h4-5,8-9H,3,6-7,10H2,1-2H3,(H,19,20). The molecule has 0 saturated heterocycles. The van der Waals surface area contributed by atoms with E-state index < -0.39 is 5.97 Å². The number of benzene rings is 1. The molecule has 0 spiro atoms. The van der Waals surface area contributed by atoms with Gasteiger partial charge in [0.1, 0.15) is 19.8 Å². The second kappa shape index (κ2) is 7.53. The van der Waals surface area contributed by atoms with Crippen LogP contribution in [-0.4, -0.2) is 55.3 Å². The SMILES string of the molecule is CCN(CC(=O)O)C(=O)C=Cc1cc(OC)c2c(c1)OCCO2. The first kappa shape index (κ1) is 16.7. The zero-order valence-corrected chi connectivity index (χ0v) is 13.1. The third kappa shape index (κ3) is 4.15. The van der Waals surface area contributed by atoms with Crippen molar-refractivity contribution in [2.24, 2.45) is 0 Å². The Morgan fingerprint density at radius 1 is 1.35 bits per heavy atom. The molecule has 7 heteroatoms. The topological polar surface area (TPSA) is 85.3 Å². The normalized spacial score (nSPS) is 13.0. The summed E-state index contributed by atoms with van der Waals surface area (Å²) in [6.07, 6.45) is 2.92. The Morgan fingerprint density at radius 2 is 2.09 bits per heavy atom. The number of rotatable bonds is 6. The van der Waals surface area contributed by atoms with Gasteiger partial charge in [0.05, 0.1) is 7.11 Å². The number of likely N-dealkylation sites (N-methyl/N-ethyl adjacent to an activating group) is 1. The number of nitrogens with zero attached hydrogens (tertiary/aromatic N) is 1. The molecule has 1 heterocycles. The maximum atomic E-state index is 12.0. The average molecular weight is 321 g/mol. The number of hydrogen-bond acceptors (Lipinski definition) is 5. The molecule has 7 nitrogen and oxygen atoms in total. The van der Waals surface area contributed by atoms with Crippen LogP contribution >= 0.6 is 0 Å². The summed E-state index contributed by atoms with van der Waals surface area (Å²) in [5, 5.41) is 8.78. The molecule has 0 bridgehead atoms. The van der Waals surface area contributed by atoms with Crippen molar-refractivity contribution in [1.29, 1.82) is 0 Å². The molecule has 124 valence electrons. The largest absolute Gasteiger partial charge is 0.493 e. The predicted molar refractivity (Wildman–Crippen MR) is 82.9 cm³/mol. The van der Waals surface area contributed by atoms with Crippen LogP contribution in [0.25, 0.3) is 6.08 Å². The Hall–Kier alpha value is -2.70. The number of aliphatic carboxylic acids is 1. The Morgan fingerprint density at radius 3 is 2.74 bits per heavy atom. The van der Waals surface area contributed by atoms with E-state index in [0.717, 1.165) is 0 Å². The van der Waals surface area contributed by atoms with Crippen LogP contribution in [0.2, 0.25) is 0 Å². The fraction of sp³-hybridized carbons (Fsp3) is 0.375. The zero-order valence-electron chi connectivity index (χ0n) is 13.1. The lowest BCUT2D eigenvalue weighted by Gasteiger charge is -2.21. The van der Waals surface area contributed by atoms with Crippen LogP contribution in [0.15, 0.2) is 18.2 Å². The Labute approximate surface area is 134 Å². The zero-order chi connectivity index (χ0) is 16.8. The molecule has 0 atom stereocenters. The molecule has 1 aromatic rings. The number of fused-ring (bicyclic) bond motifs is 1. The highest BCUT2D eigenvalue weighted by atomic mass is 16.6. The number of ether oxygens (including phenoxy) is 3. The fourth-order valence-electron chi connectivity index (χ4n) is 2.17. The molecule has 0 radical (unpaired) electrons. The quantitative estimate of drug-likeness (QED) is 0.798. The third-order valence-electron chi connectivity index (χ3n) is 3.29. The van der Waals surface area contributed by atoms with Gasteiger partial charge < -0.3 is 24.2 Å². The van der Waals surface area contributed by atoms with Crippen LogP contribution in [0.1, 0.15) is 12.5 Å². The fourth-order valence-corrected chi connectivity index (χ4v) is 2.17. The van der Waals surface area contributed by atoms with E-state index in [0.29, 0.717) is 42.6 Å². The van der Waals surface area contributed by atoms with Crippen molar-refractivity contribution in [3.05, 3.63) is 23.8 Å². The van der Waals surface area contributed by atoms with Crippen molar-refractivity contribution in [1.82, 2.24) is 4.90 Å². The summed E-state index contributed by atoms with van der Waals surface area (Å²) in [7, 11) is 1.53. The van der Waals surface area contributed by atoms with Crippen LogP contribution in [0.3, 0.4) is 0 Å². The molecule has 1 aliphatic rings. The first-order chi connectivity index (χ1) is 11.0. The second-order valence-corrected chi connectivity index (χ2v) is 4.83. The van der Waals surface area contributed by atoms with Crippen LogP contribution < -0.4 is 14.2 Å². The van der Waals surface area contributed by atoms with Crippen molar-refractivity contribution in [2.75, 3.05) is 33.4 Å². The molecule has 1 N–H and O–H groups in total. The maximum absolute atomic E-state index is 12.0. The minimum Gasteiger partial charge on any atom is -0.493 e. The minimum atomic E-state index is -1.05. The summed E-state index contributed by atoms with van der Waals surface area (Å²) in [6.45, 7) is 2.62. The van der Waals surface area contributed by atoms with Gasteiger partial charge in [0.15, 0.2) is 11.5 Å². The minimum absolute atomic E-state index is 0.319. The van der Waals surface area contributed by atoms with Crippen molar-refractivity contribution in [3.63, 3.8) is 0 Å². The number of carboxylic acid groups (broad SMARTS) is 1. The molecule has 1 aromatic carbocycles. The summed E-state index contributed by atoms with van der Waals surface area (Å²) in [6, 6.07) is 3.47. The molecular weight excluding hydrogens is 302 g/mol. The van der Waals surface area contributed by atoms with Crippen molar-refractivity contribution >= 4 is 18.0 Å². The van der Waals surface area contributed by atoms with Gasteiger partial charge in [-0.1, -0.05) is 0 Å². The predicted octanol–water partition coefficient (Wildman–Crippen LogP) is 1.41. The number of carbonyl (C=O) groups excluding carboxylic acids is 1. The highest BCUT2D eigenvalue weighted by Gasteiger charge is 2.18. The lowest BCUT2D eigenvalue weighted by atomic mass is 10.1. The Bertz CT molecular complexity index is 608. The van der Waals surface area contributed by atoms with Crippen molar-refractivity contribution in [3.8, 4) is 17.2 Å². The highest BCUT2D eigenvalue weighted by Crippen LogP contribution is 2.40. The van der Waals surface area contributed by atoms with Gasteiger partial charge in [-0.25, -0.2) is 0 Å². The van der Waals surface area contributed by atoms with E-state index in [9.17, 15) is 9.59 Å². The molecule has 0 unspecified atom stereocenters. The van der Waals surface area contributed by atoms with Crippen molar-refractivity contribution in [2.45, 2.75) is 6.92 Å². The Kier molecular flexibility index (Phi) is 5.46. The van der Waals surface area contributed by atoms with E-state index in [1.54, 1.807) is 25.1 Å². The van der Waals surface area contributed by atoms with E-state index in [1.807, 2.05) is 0 Å². The molecule has 0 fully saturated rings. The molecule has 2 rings (SSSR count). The van der Waals surface area contributed by atoms with Crippen LogP contribution in [-0.2, 0) is 9.59 Å². The second-order valence-electron chi connectivity index (χ2n) is 4.83. The van der Waals surface area contributed by atoms with E-state index in [-0.39, 0.29) is 12.5 Å². The lowest BCUT2D eigenvalue weighted by Crippen LogP contribution is -2.34. The van der Waals surface area contributed by atoms with Gasteiger partial charge in [0.2, 0.25) is 11.7 Å². The van der Waals surface area contributed by atoms with Crippen molar-refractivity contribution < 1.29 is 28.9 Å². The van der Waals surface area contributed by atoms with Gasteiger partial charge in [-0.3, -0.25) is 9.59 Å². The molecular formula is C16H19NO6. The monoisotopic (exact) mass is 321 g/mol. The van der Waals surface area contributed by atoms with Gasteiger partial charge in [-0.2, -0.15) is 0 Å². The average Bonchev–Trinajstić information content (AvgIpc) is 2.56. The molecule has 0 aliphatic carbocycles. The van der Waals surface area contributed by atoms with E-state index in [4.69, 9.17) is 19.3 Å². The lowest BCUT2D eigenvalue weighted by molar-refractivity contribution is -0.142. The van der Waals surface area contributed by atoms with Gasteiger partial charge in [-0.05, 0) is 30.7 Å². The maximum Gasteiger partial charge on any atom is 0.323 e. The molecule has 0 saturated carbocycles. The van der Waals surface area contributed by atoms with E-state index >= 15 is 0 Å². The van der Waals surface area contributed by atoms with E-state index in [2.05, 4.69) is 0 Å². The van der Waals surface area contributed by atoms with Gasteiger partial charge in [-0.15, -0.1) is 0 Å².